The second-order valence-corrected chi connectivity index (χ2v) is 3.98. The average Bonchev–Trinajstić information content (AvgIpc) is 2.24. The molecule has 0 heterocycles. The third kappa shape index (κ3) is 0.595. The third-order valence-corrected chi connectivity index (χ3v) is 3.26. The van der Waals surface area contributed by atoms with Gasteiger partial charge in [0.1, 0.15) is 0 Å². The van der Waals surface area contributed by atoms with E-state index < -0.39 is 0 Å². The van der Waals surface area contributed by atoms with E-state index in [0.29, 0.717) is 5.41 Å². The van der Waals surface area contributed by atoms with Gasteiger partial charge in [0.05, 0.1) is 0 Å². The van der Waals surface area contributed by atoms with Gasteiger partial charge in [-0.05, 0) is 42.9 Å². The van der Waals surface area contributed by atoms with Crippen LogP contribution in [-0.2, 0) is 0 Å². The molecule has 2 aliphatic rings. The van der Waals surface area contributed by atoms with Crippen LogP contribution < -0.4 is 0 Å². The highest BCUT2D eigenvalue weighted by molar-refractivity contribution is 5.13. The van der Waals surface area contributed by atoms with E-state index in [1.54, 1.807) is 0 Å². The Morgan fingerprint density at radius 2 is 1.56 bits per heavy atom. The summed E-state index contributed by atoms with van der Waals surface area (Å²) in [6.45, 7) is 4.80. The van der Waals surface area contributed by atoms with Crippen molar-refractivity contribution in [2.75, 3.05) is 0 Å². The lowest BCUT2D eigenvalue weighted by Gasteiger charge is -2.23. The predicted octanol–water partition coefficient (Wildman–Crippen LogP) is 2.46. The van der Waals surface area contributed by atoms with Gasteiger partial charge in [0.25, 0.3) is 0 Å². The molecule has 0 spiro atoms. The monoisotopic (exact) mass is 122 g/mol. The largest absolute Gasteiger partial charge is 0.0594 e. The fourth-order valence-electron chi connectivity index (χ4n) is 2.30. The Labute approximate surface area is 57.6 Å². The molecule has 0 aromatic heterocycles. The molecule has 0 aliphatic heterocycles. The summed E-state index contributed by atoms with van der Waals surface area (Å²) in [5.41, 5.74) is 0.611. The van der Waals surface area contributed by atoms with E-state index in [-0.39, 0.29) is 0 Å². The van der Waals surface area contributed by atoms with E-state index >= 15 is 0 Å². The normalized spacial score (nSPS) is 46.0. The van der Waals surface area contributed by atoms with Crippen molar-refractivity contribution in [3.8, 4) is 0 Å². The predicted molar refractivity (Wildman–Crippen MR) is 38.6 cm³/mol. The zero-order valence-corrected chi connectivity index (χ0v) is 6.22. The summed E-state index contributed by atoms with van der Waals surface area (Å²) in [4.78, 5) is 0. The van der Waals surface area contributed by atoms with Gasteiger partial charge in [-0.3, -0.25) is 0 Å². The van der Waals surface area contributed by atoms with Gasteiger partial charge in [-0.25, -0.2) is 0 Å². The highest BCUT2D eigenvalue weighted by Crippen LogP contribution is 2.56. The Hall–Kier alpha value is 0. The van der Waals surface area contributed by atoms with Crippen LogP contribution >= 0.6 is 0 Å². The summed E-state index contributed by atoms with van der Waals surface area (Å²) in [5.74, 6) is 1.81. The molecule has 0 nitrogen and oxygen atoms in total. The summed E-state index contributed by atoms with van der Waals surface area (Å²) in [7, 11) is 0. The Bertz CT molecular complexity index is 102. The van der Waals surface area contributed by atoms with Crippen LogP contribution in [0.5, 0.6) is 0 Å². The van der Waals surface area contributed by atoms with Gasteiger partial charge < -0.3 is 0 Å². The summed E-state index contributed by atoms with van der Waals surface area (Å²) >= 11 is 0. The molecule has 2 fully saturated rings. The Morgan fingerprint density at radius 1 is 1.11 bits per heavy atom. The minimum atomic E-state index is 0.611. The molecule has 2 unspecified atom stereocenters. The van der Waals surface area contributed by atoms with Gasteiger partial charge >= 0.3 is 0 Å². The van der Waals surface area contributed by atoms with Gasteiger partial charge in [-0.15, -0.1) is 0 Å². The van der Waals surface area contributed by atoms with Gasteiger partial charge in [0.15, 0.2) is 0 Å². The van der Waals surface area contributed by atoms with Crippen molar-refractivity contribution < 1.29 is 0 Å². The first-order valence-corrected chi connectivity index (χ1v) is 3.88. The number of hydrogen-bond donors (Lipinski definition) is 0. The van der Waals surface area contributed by atoms with Crippen LogP contribution in [0.1, 0.15) is 26.7 Å². The minimum absolute atomic E-state index is 0.611. The van der Waals surface area contributed by atoms with Crippen LogP contribution in [0.4, 0.5) is 0 Å². The molecule has 2 bridgehead atoms. The molecule has 2 aliphatic carbocycles. The number of hydrogen-bond acceptors (Lipinski definition) is 0. The first-order chi connectivity index (χ1) is 4.21. The smallest absolute Gasteiger partial charge is 0.0292 e. The molecule has 0 aromatic rings. The molecule has 0 saturated heterocycles. The standard InChI is InChI=1S/C9H14/c1-9(2)7-3-4-8(9)6-5-7/h3,6-8H,4-5H2,1-2H3. The molecular formula is C9H14. The van der Waals surface area contributed by atoms with Crippen LogP contribution in [0, 0.1) is 30.1 Å². The maximum Gasteiger partial charge on any atom is -0.0292 e. The van der Waals surface area contributed by atoms with Crippen LogP contribution in [0.25, 0.3) is 0 Å². The van der Waals surface area contributed by atoms with E-state index in [1.807, 2.05) is 0 Å². The fourth-order valence-corrected chi connectivity index (χ4v) is 2.30. The topological polar surface area (TPSA) is 0 Å². The SMILES string of the molecule is CC1(C)C2[CH]CC1[CH]C2. The molecule has 0 amide bonds. The molecule has 2 radical (unpaired) electrons. The minimum Gasteiger partial charge on any atom is -0.0594 e. The summed E-state index contributed by atoms with van der Waals surface area (Å²) in [5, 5.41) is 0. The maximum absolute atomic E-state index is 2.50. The van der Waals surface area contributed by atoms with Crippen molar-refractivity contribution >= 4 is 0 Å². The van der Waals surface area contributed by atoms with Gasteiger partial charge in [-0.2, -0.15) is 0 Å². The van der Waals surface area contributed by atoms with E-state index in [1.165, 1.54) is 12.8 Å². The summed E-state index contributed by atoms with van der Waals surface area (Å²) in [6, 6.07) is 0. The van der Waals surface area contributed by atoms with Crippen molar-refractivity contribution in [3.63, 3.8) is 0 Å². The Kier molecular flexibility index (Phi) is 0.980. The first-order valence-electron chi connectivity index (χ1n) is 3.88. The molecule has 2 atom stereocenters. The zero-order valence-electron chi connectivity index (χ0n) is 6.22. The number of rotatable bonds is 0. The van der Waals surface area contributed by atoms with Crippen molar-refractivity contribution in [2.45, 2.75) is 26.7 Å². The van der Waals surface area contributed by atoms with Gasteiger partial charge in [0, 0.05) is 0 Å². The van der Waals surface area contributed by atoms with E-state index in [0.717, 1.165) is 11.8 Å². The van der Waals surface area contributed by atoms with Gasteiger partial charge in [-0.1, -0.05) is 13.8 Å². The highest BCUT2D eigenvalue weighted by atomic mass is 14.5. The first kappa shape index (κ1) is 5.76. The van der Waals surface area contributed by atoms with Crippen LogP contribution in [0.2, 0.25) is 0 Å². The van der Waals surface area contributed by atoms with E-state index in [2.05, 4.69) is 26.7 Å². The molecule has 0 aromatic carbocycles. The van der Waals surface area contributed by atoms with Crippen molar-refractivity contribution in [1.82, 2.24) is 0 Å². The molecule has 0 N–H and O–H groups in total. The molecular weight excluding hydrogens is 108 g/mol. The van der Waals surface area contributed by atoms with Crippen LogP contribution in [-0.4, -0.2) is 0 Å². The van der Waals surface area contributed by atoms with Crippen LogP contribution in [0.15, 0.2) is 0 Å². The highest BCUT2D eigenvalue weighted by Gasteiger charge is 2.47. The Balaban J connectivity index is 2.26. The average molecular weight is 122 g/mol. The molecule has 0 heteroatoms. The zero-order chi connectivity index (χ0) is 6.48. The summed E-state index contributed by atoms with van der Waals surface area (Å²) < 4.78 is 0. The second-order valence-electron chi connectivity index (χ2n) is 3.98. The van der Waals surface area contributed by atoms with E-state index in [4.69, 9.17) is 0 Å². The number of fused-ring (bicyclic) bond motifs is 2. The molecule has 2 rings (SSSR count). The lowest BCUT2D eigenvalue weighted by molar-refractivity contribution is 0.277. The van der Waals surface area contributed by atoms with E-state index in [9.17, 15) is 0 Å². The van der Waals surface area contributed by atoms with Crippen molar-refractivity contribution in [1.29, 1.82) is 0 Å². The quantitative estimate of drug-likeness (QED) is 0.463. The van der Waals surface area contributed by atoms with Crippen LogP contribution in [0.3, 0.4) is 0 Å². The fraction of sp³-hybridized carbons (Fsp3) is 0.778. The lowest BCUT2D eigenvalue weighted by Crippen LogP contribution is -2.16. The third-order valence-electron chi connectivity index (χ3n) is 3.26. The molecule has 50 valence electrons. The summed E-state index contributed by atoms with van der Waals surface area (Å²) in [6.07, 6.45) is 7.70. The van der Waals surface area contributed by atoms with Crippen molar-refractivity contribution in [3.05, 3.63) is 12.8 Å². The lowest BCUT2D eigenvalue weighted by atomic mass is 9.82. The van der Waals surface area contributed by atoms with Crippen molar-refractivity contribution in [2.24, 2.45) is 17.3 Å². The maximum atomic E-state index is 2.50. The second kappa shape index (κ2) is 1.53. The molecule has 9 heavy (non-hydrogen) atoms. The van der Waals surface area contributed by atoms with Gasteiger partial charge in [0.2, 0.25) is 0 Å². The Morgan fingerprint density at radius 3 is 1.67 bits per heavy atom. The molecule has 2 saturated carbocycles.